The molecule has 4 N–H and O–H groups in total. The van der Waals surface area contributed by atoms with Gasteiger partial charge < -0.3 is 11.5 Å². The molecule has 54 heavy (non-hydrogen) atoms. The summed E-state index contributed by atoms with van der Waals surface area (Å²) in [5.41, 5.74) is 19.2. The van der Waals surface area contributed by atoms with E-state index in [4.69, 9.17) is 21.5 Å². The topological polar surface area (TPSA) is 111 Å². The van der Waals surface area contributed by atoms with Crippen molar-refractivity contribution in [1.29, 1.82) is 0 Å². The van der Waals surface area contributed by atoms with E-state index in [9.17, 15) is 0 Å². The lowest BCUT2D eigenvalue weighted by Crippen LogP contribution is -2.33. The third-order valence-electron chi connectivity index (χ3n) is 10.9. The molecule has 0 aliphatic carbocycles. The molecule has 2 saturated heterocycles. The molecule has 0 unspecified atom stereocenters. The van der Waals surface area contributed by atoms with Crippen LogP contribution in [0, 0.1) is 11.8 Å². The van der Waals surface area contributed by atoms with E-state index in [1.54, 1.807) is 0 Å². The van der Waals surface area contributed by atoms with Crippen molar-refractivity contribution in [3.63, 3.8) is 0 Å². The van der Waals surface area contributed by atoms with Crippen LogP contribution in [0.5, 0.6) is 0 Å². The normalized spacial score (nSPS) is 17.0. The minimum Gasteiger partial charge on any atom is -0.384 e. The molecule has 4 aromatic rings. The van der Waals surface area contributed by atoms with Crippen molar-refractivity contribution >= 4 is 23.0 Å². The van der Waals surface area contributed by atoms with Crippen molar-refractivity contribution < 1.29 is 0 Å². The standard InChI is InChI=1S/C45H59N9/c1-2-29-54(43-19-15-41(16-20-43)45(47)49-28-22-37-25-32-53(33-26-37)35-39-11-7-4-8-12-39)51-50-42-17-13-40(14-18-42)44(46)48-27-21-36-23-30-52(31-24-36)34-38-9-5-3-6-10-38/h3-20,36-37H,2,21-35H2,1H3,(H2,46,48)(H2,47,49). The predicted octanol–water partition coefficient (Wildman–Crippen LogP) is 8.62. The molecule has 0 bridgehead atoms. The lowest BCUT2D eigenvalue weighted by molar-refractivity contribution is 0.173. The second kappa shape index (κ2) is 20.6. The van der Waals surface area contributed by atoms with Gasteiger partial charge in [0, 0.05) is 43.9 Å². The number of hydrogen-bond donors (Lipinski definition) is 2. The molecule has 2 heterocycles. The highest BCUT2D eigenvalue weighted by atomic mass is 15.5. The van der Waals surface area contributed by atoms with Crippen LogP contribution in [0.2, 0.25) is 0 Å². The number of piperidine rings is 2. The van der Waals surface area contributed by atoms with Gasteiger partial charge in [0.2, 0.25) is 0 Å². The Morgan fingerprint density at radius 1 is 0.611 bits per heavy atom. The van der Waals surface area contributed by atoms with Gasteiger partial charge in [-0.1, -0.05) is 72.8 Å². The van der Waals surface area contributed by atoms with Crippen LogP contribution in [0.4, 0.5) is 11.4 Å². The number of benzene rings is 4. The van der Waals surface area contributed by atoms with Gasteiger partial charge in [0.1, 0.15) is 11.7 Å². The Morgan fingerprint density at radius 3 is 1.50 bits per heavy atom. The number of nitrogens with two attached hydrogens (primary N) is 2. The number of rotatable bonds is 17. The van der Waals surface area contributed by atoms with Gasteiger partial charge in [-0.15, -0.1) is 5.11 Å². The van der Waals surface area contributed by atoms with Gasteiger partial charge in [-0.25, -0.2) is 5.01 Å². The molecule has 9 nitrogen and oxygen atoms in total. The lowest BCUT2D eigenvalue weighted by Gasteiger charge is -2.31. The number of amidine groups is 2. The number of aliphatic imine (C=N–C) groups is 2. The van der Waals surface area contributed by atoms with Crippen molar-refractivity contribution in [2.24, 2.45) is 43.6 Å². The van der Waals surface area contributed by atoms with Crippen LogP contribution in [0.1, 0.15) is 74.1 Å². The molecule has 0 saturated carbocycles. The maximum Gasteiger partial charge on any atom is 0.125 e. The van der Waals surface area contributed by atoms with Crippen molar-refractivity contribution in [1.82, 2.24) is 9.80 Å². The molecule has 4 aromatic carbocycles. The fraction of sp³-hybridized carbons (Fsp3) is 0.422. The highest BCUT2D eigenvalue weighted by Gasteiger charge is 2.20. The van der Waals surface area contributed by atoms with Crippen molar-refractivity contribution in [2.45, 2.75) is 65.0 Å². The minimum atomic E-state index is 0.579. The Balaban J connectivity index is 0.921. The summed E-state index contributed by atoms with van der Waals surface area (Å²) >= 11 is 0. The summed E-state index contributed by atoms with van der Waals surface area (Å²) in [6.45, 7) is 11.1. The first-order valence-electron chi connectivity index (χ1n) is 20.0. The Kier molecular flexibility index (Phi) is 14.8. The van der Waals surface area contributed by atoms with Gasteiger partial charge in [-0.3, -0.25) is 19.8 Å². The van der Waals surface area contributed by atoms with Gasteiger partial charge in [-0.05, 0) is 143 Å². The van der Waals surface area contributed by atoms with E-state index in [-0.39, 0.29) is 0 Å². The van der Waals surface area contributed by atoms with Gasteiger partial charge in [-0.2, -0.15) is 0 Å². The molecule has 0 spiro atoms. The fourth-order valence-corrected chi connectivity index (χ4v) is 7.51. The molecule has 0 amide bonds. The molecule has 9 heteroatoms. The average Bonchev–Trinajstić information content (AvgIpc) is 3.22. The van der Waals surface area contributed by atoms with Crippen LogP contribution in [0.15, 0.2) is 130 Å². The van der Waals surface area contributed by atoms with Gasteiger partial charge in [0.15, 0.2) is 0 Å². The third kappa shape index (κ3) is 12.1. The van der Waals surface area contributed by atoms with Crippen LogP contribution in [-0.2, 0) is 13.1 Å². The molecule has 6 rings (SSSR count). The Morgan fingerprint density at radius 2 is 1.06 bits per heavy atom. The first-order chi connectivity index (χ1) is 26.5. The number of nitrogens with zero attached hydrogens (tertiary/aromatic N) is 7. The Hall–Kier alpha value is -4.86. The van der Waals surface area contributed by atoms with Gasteiger partial charge in [0.25, 0.3) is 0 Å². The van der Waals surface area contributed by atoms with E-state index in [1.807, 2.05) is 53.5 Å². The summed E-state index contributed by atoms with van der Waals surface area (Å²) in [6.07, 6.45) is 7.99. The monoisotopic (exact) mass is 725 g/mol. The number of likely N-dealkylation sites (tertiary alicyclic amines) is 2. The quantitative estimate of drug-likeness (QED) is 0.0490. The van der Waals surface area contributed by atoms with Crippen LogP contribution in [0.3, 0.4) is 0 Å². The van der Waals surface area contributed by atoms with Gasteiger partial charge in [0.05, 0.1) is 11.4 Å². The summed E-state index contributed by atoms with van der Waals surface area (Å²) in [5.74, 6) is 2.59. The van der Waals surface area contributed by atoms with E-state index in [2.05, 4.69) is 87.7 Å². The molecule has 284 valence electrons. The van der Waals surface area contributed by atoms with E-state index >= 15 is 0 Å². The maximum absolute atomic E-state index is 6.43. The summed E-state index contributed by atoms with van der Waals surface area (Å²) in [5, 5.41) is 11.1. The minimum absolute atomic E-state index is 0.579. The first-order valence-corrected chi connectivity index (χ1v) is 20.0. The Labute approximate surface area is 322 Å². The summed E-state index contributed by atoms with van der Waals surface area (Å²) in [7, 11) is 0. The highest BCUT2D eigenvalue weighted by molar-refractivity contribution is 5.98. The molecule has 2 aliphatic heterocycles. The first kappa shape index (κ1) is 38.9. The van der Waals surface area contributed by atoms with Crippen molar-refractivity contribution in [3.05, 3.63) is 131 Å². The Bertz CT molecular complexity index is 1760. The fourth-order valence-electron chi connectivity index (χ4n) is 7.51. The van der Waals surface area contributed by atoms with E-state index in [0.717, 1.165) is 101 Å². The van der Waals surface area contributed by atoms with Crippen LogP contribution < -0.4 is 16.5 Å². The number of anilines is 1. The maximum atomic E-state index is 6.43. The smallest absolute Gasteiger partial charge is 0.125 e. The average molecular weight is 726 g/mol. The predicted molar refractivity (Wildman–Crippen MR) is 224 cm³/mol. The van der Waals surface area contributed by atoms with E-state index < -0.39 is 0 Å². The molecule has 2 fully saturated rings. The lowest BCUT2D eigenvalue weighted by atomic mass is 9.93. The molecule has 0 atom stereocenters. The van der Waals surface area contributed by atoms with Crippen molar-refractivity contribution in [3.8, 4) is 0 Å². The number of hydrogen-bond acceptors (Lipinski definition) is 6. The second-order valence-electron chi connectivity index (χ2n) is 14.9. The third-order valence-corrected chi connectivity index (χ3v) is 10.9. The van der Waals surface area contributed by atoms with Crippen molar-refractivity contribution in [2.75, 3.05) is 50.8 Å². The van der Waals surface area contributed by atoms with Crippen LogP contribution in [-0.4, -0.2) is 67.3 Å². The van der Waals surface area contributed by atoms with Crippen LogP contribution >= 0.6 is 0 Å². The zero-order valence-corrected chi connectivity index (χ0v) is 32.1. The molecule has 0 aromatic heterocycles. The summed E-state index contributed by atoms with van der Waals surface area (Å²) < 4.78 is 0. The zero-order valence-electron chi connectivity index (χ0n) is 32.1. The molecule has 0 radical (unpaired) electrons. The van der Waals surface area contributed by atoms with E-state index in [1.165, 1.54) is 36.8 Å². The van der Waals surface area contributed by atoms with E-state index in [0.29, 0.717) is 23.5 Å². The van der Waals surface area contributed by atoms with Gasteiger partial charge >= 0.3 is 0 Å². The summed E-state index contributed by atoms with van der Waals surface area (Å²) in [6, 6.07) is 37.5. The molecule has 2 aliphatic rings. The molecular weight excluding hydrogens is 667 g/mol. The summed E-state index contributed by atoms with van der Waals surface area (Å²) in [4.78, 5) is 14.6. The molecular formula is C45H59N9. The highest BCUT2D eigenvalue weighted by Crippen LogP contribution is 2.24. The second-order valence-corrected chi connectivity index (χ2v) is 14.9. The largest absolute Gasteiger partial charge is 0.384 e. The SMILES string of the molecule is CCCN(N=Nc1ccc(C(N)=NCCC2CCN(Cc3ccccc3)CC2)cc1)c1ccc(C(N)=NCCC2CCN(Cc3ccccc3)CC2)cc1. The van der Waals surface area contributed by atoms with Crippen LogP contribution in [0.25, 0.3) is 0 Å². The zero-order chi connectivity index (χ0) is 37.4.